The van der Waals surface area contributed by atoms with E-state index in [0.717, 1.165) is 32.7 Å². The summed E-state index contributed by atoms with van der Waals surface area (Å²) < 4.78 is 0. The van der Waals surface area contributed by atoms with Gasteiger partial charge in [0.15, 0.2) is 0 Å². The number of nitrogens with zero attached hydrogens (tertiary/aromatic N) is 2. The first-order chi connectivity index (χ1) is 5.24. The predicted octanol–water partition coefficient (Wildman–Crippen LogP) is -0.645. The van der Waals surface area contributed by atoms with Crippen molar-refractivity contribution in [3.8, 4) is 0 Å². The van der Waals surface area contributed by atoms with Crippen molar-refractivity contribution in [3.05, 3.63) is 0 Å². The first-order valence-electron chi connectivity index (χ1n) is 4.05. The van der Waals surface area contributed by atoms with Gasteiger partial charge < -0.3 is 5.73 Å². The summed E-state index contributed by atoms with van der Waals surface area (Å²) in [6.45, 7) is 7.15. The second-order valence-corrected chi connectivity index (χ2v) is 2.81. The van der Waals surface area contributed by atoms with Gasteiger partial charge in [-0.2, -0.15) is 0 Å². The summed E-state index contributed by atoms with van der Waals surface area (Å²) in [4.78, 5) is 4.27. The molecule has 1 fully saturated rings. The minimum absolute atomic E-state index is 0.209. The normalized spacial score (nSPS) is 21.9. The quantitative estimate of drug-likeness (QED) is 0.301. The number of hydrogen-bond acceptors (Lipinski definition) is 2. The predicted molar refractivity (Wildman–Crippen MR) is 45.9 cm³/mol. The minimum atomic E-state index is 0.209. The molecule has 0 aromatic carbocycles. The van der Waals surface area contributed by atoms with Crippen LogP contribution in [0.5, 0.6) is 0 Å². The second kappa shape index (κ2) is 3.69. The second-order valence-electron chi connectivity index (χ2n) is 2.81. The Hall–Kier alpha value is -0.610. The van der Waals surface area contributed by atoms with Gasteiger partial charge in [0.05, 0.1) is 13.1 Å². The van der Waals surface area contributed by atoms with Gasteiger partial charge in [0.25, 0.3) is 0 Å². The van der Waals surface area contributed by atoms with Gasteiger partial charge in [0.2, 0.25) is 0 Å². The average Bonchev–Trinajstić information content (AvgIpc) is 2.05. The van der Waals surface area contributed by atoms with E-state index in [4.69, 9.17) is 11.1 Å². The number of rotatable bonds is 1. The van der Waals surface area contributed by atoms with Gasteiger partial charge in [-0.3, -0.25) is 4.90 Å². The largest absolute Gasteiger partial charge is 0.341 e. The third kappa shape index (κ3) is 2.17. The van der Waals surface area contributed by atoms with Crippen LogP contribution in [-0.2, 0) is 0 Å². The molecule has 63 valence electrons. The van der Waals surface area contributed by atoms with E-state index in [1.54, 1.807) is 0 Å². The minimum Gasteiger partial charge on any atom is -0.334 e. The molecule has 0 spiro atoms. The van der Waals surface area contributed by atoms with Crippen molar-refractivity contribution in [1.29, 1.82) is 5.41 Å². The molecule has 0 unspecified atom stereocenters. The van der Waals surface area contributed by atoms with E-state index in [9.17, 15) is 0 Å². The van der Waals surface area contributed by atoms with Crippen molar-refractivity contribution in [2.24, 2.45) is 5.73 Å². The summed E-state index contributed by atoms with van der Waals surface area (Å²) in [5, 5.41) is 7.20. The zero-order valence-electron chi connectivity index (χ0n) is 7.01. The monoisotopic (exact) mass is 156 g/mol. The Bertz CT molecular complexity index is 137. The molecule has 1 rings (SSSR count). The van der Waals surface area contributed by atoms with E-state index < -0.39 is 0 Å². The average molecular weight is 156 g/mol. The molecule has 11 heavy (non-hydrogen) atoms. The highest BCUT2D eigenvalue weighted by Gasteiger charge is 2.25. The molecule has 0 saturated carbocycles. The number of guanidine groups is 1. The van der Waals surface area contributed by atoms with Gasteiger partial charge in [0, 0.05) is 0 Å². The highest BCUT2D eigenvalue weighted by molar-refractivity contribution is 5.77. The first kappa shape index (κ1) is 8.49. The summed E-state index contributed by atoms with van der Waals surface area (Å²) in [6.07, 6.45) is 0. The van der Waals surface area contributed by atoms with Crippen molar-refractivity contribution < 1.29 is 0 Å². The van der Waals surface area contributed by atoms with Crippen LogP contribution >= 0.6 is 0 Å². The molecule has 0 amide bonds. The van der Waals surface area contributed by atoms with E-state index in [1.165, 1.54) is 0 Å². The molecule has 0 aromatic heterocycles. The zero-order chi connectivity index (χ0) is 8.27. The first-order valence-corrected chi connectivity index (χ1v) is 4.05. The smallest absolute Gasteiger partial charge is 0.334 e. The van der Waals surface area contributed by atoms with Crippen LogP contribution in [0.15, 0.2) is 0 Å². The molecule has 3 N–H and O–H groups in total. The van der Waals surface area contributed by atoms with Gasteiger partial charge >= 0.3 is 5.96 Å². The Morgan fingerprint density at radius 3 is 2.45 bits per heavy atom. The standard InChI is InChI=1S/C7H16N4/c1-2-10-3-5-11(6-4-10)7(8)9/h2-6H2,1H3,(H3,8,9)/q+1. The van der Waals surface area contributed by atoms with Crippen molar-refractivity contribution in [2.45, 2.75) is 6.92 Å². The van der Waals surface area contributed by atoms with Gasteiger partial charge in [0.1, 0.15) is 13.1 Å². The molecule has 1 saturated heterocycles. The summed E-state index contributed by atoms with van der Waals surface area (Å²) in [5.41, 5.74) is 5.34. The van der Waals surface area contributed by atoms with Crippen LogP contribution in [0.3, 0.4) is 0 Å². The third-order valence-electron chi connectivity index (χ3n) is 2.16. The van der Waals surface area contributed by atoms with E-state index in [1.807, 2.05) is 4.90 Å². The maximum Gasteiger partial charge on any atom is 0.341 e. The third-order valence-corrected chi connectivity index (χ3v) is 2.16. The highest BCUT2D eigenvalue weighted by Crippen LogP contribution is 1.96. The molecule has 1 heterocycles. The molecular weight excluding hydrogens is 140 g/mol. The number of likely N-dealkylation sites (N-methyl/N-ethyl adjacent to an activating group) is 1. The fourth-order valence-electron chi connectivity index (χ4n) is 1.31. The summed E-state index contributed by atoms with van der Waals surface area (Å²) >= 11 is 0. The van der Waals surface area contributed by atoms with Gasteiger partial charge in [-0.15, -0.1) is 0 Å². The van der Waals surface area contributed by atoms with Crippen molar-refractivity contribution in [1.82, 2.24) is 9.80 Å². The highest BCUT2D eigenvalue weighted by atomic mass is 15.3. The molecule has 1 radical (unpaired) electrons. The van der Waals surface area contributed by atoms with Crippen LogP contribution < -0.4 is 10.6 Å². The number of nitrogens with two attached hydrogens (primary N) is 1. The molecule has 4 nitrogen and oxygen atoms in total. The molecule has 0 aromatic rings. The number of nitrogens with one attached hydrogen (secondary N) is 1. The molecule has 1 aliphatic rings. The molecule has 0 aliphatic carbocycles. The lowest BCUT2D eigenvalue weighted by Gasteiger charge is -2.25. The fourth-order valence-corrected chi connectivity index (χ4v) is 1.31. The summed E-state index contributed by atoms with van der Waals surface area (Å²) in [7, 11) is 0. The Kier molecular flexibility index (Phi) is 2.84. The van der Waals surface area contributed by atoms with Gasteiger partial charge in [-0.1, -0.05) is 11.8 Å². The fraction of sp³-hybridized carbons (Fsp3) is 0.857. The van der Waals surface area contributed by atoms with Crippen LogP contribution in [0, 0.1) is 5.41 Å². The zero-order valence-corrected chi connectivity index (χ0v) is 7.01. The van der Waals surface area contributed by atoms with E-state index in [2.05, 4.69) is 11.8 Å². The Balaban J connectivity index is 2.30. The topological polar surface area (TPSA) is 59.0 Å². The van der Waals surface area contributed by atoms with Crippen molar-refractivity contribution in [2.75, 3.05) is 32.7 Å². The van der Waals surface area contributed by atoms with Crippen LogP contribution in [0.1, 0.15) is 6.92 Å². The van der Waals surface area contributed by atoms with Crippen molar-refractivity contribution in [3.63, 3.8) is 0 Å². The molecular formula is C7H16N4+. The Labute approximate surface area is 67.5 Å². The maximum absolute atomic E-state index is 7.20. The Morgan fingerprint density at radius 1 is 1.55 bits per heavy atom. The molecule has 1 aliphatic heterocycles. The lowest BCUT2D eigenvalue weighted by atomic mass is 10.3. The lowest BCUT2D eigenvalue weighted by molar-refractivity contribution is 0.228. The maximum atomic E-state index is 7.20. The van der Waals surface area contributed by atoms with Crippen LogP contribution in [0.2, 0.25) is 0 Å². The van der Waals surface area contributed by atoms with Crippen LogP contribution in [0.25, 0.3) is 0 Å². The SMILES string of the molecule is CCN1CC[N+](C(=N)N)CC1. The van der Waals surface area contributed by atoms with E-state index in [-0.39, 0.29) is 5.96 Å². The van der Waals surface area contributed by atoms with E-state index >= 15 is 0 Å². The molecule has 0 bridgehead atoms. The Morgan fingerprint density at radius 2 is 2.09 bits per heavy atom. The van der Waals surface area contributed by atoms with Crippen LogP contribution in [-0.4, -0.2) is 43.6 Å². The lowest BCUT2D eigenvalue weighted by Crippen LogP contribution is -2.54. The van der Waals surface area contributed by atoms with Crippen molar-refractivity contribution >= 4 is 5.96 Å². The van der Waals surface area contributed by atoms with Gasteiger partial charge in [-0.25, -0.2) is 5.41 Å². The molecule has 0 atom stereocenters. The van der Waals surface area contributed by atoms with E-state index in [0.29, 0.717) is 0 Å². The summed E-state index contributed by atoms with van der Waals surface area (Å²) in [5.74, 6) is 0.209. The molecule has 4 heteroatoms. The number of hydrogen-bond donors (Lipinski definition) is 2. The number of piperazine rings is 1. The van der Waals surface area contributed by atoms with Gasteiger partial charge in [-0.05, 0) is 6.54 Å². The van der Waals surface area contributed by atoms with Crippen LogP contribution in [0.4, 0.5) is 0 Å². The summed E-state index contributed by atoms with van der Waals surface area (Å²) in [6, 6.07) is 0.